The molecule has 1 aliphatic rings. The second kappa shape index (κ2) is 4.02. The molecule has 1 saturated carbocycles. The fourth-order valence-electron chi connectivity index (χ4n) is 1.53. The van der Waals surface area contributed by atoms with Crippen molar-refractivity contribution in [1.82, 2.24) is 9.55 Å². The predicted octanol–water partition coefficient (Wildman–Crippen LogP) is 0.815. The van der Waals surface area contributed by atoms with Gasteiger partial charge in [0, 0.05) is 6.04 Å². The third kappa shape index (κ3) is 2.02. The molecule has 0 aliphatic heterocycles. The number of aliphatic hydroxyl groups is 1. The first-order valence-corrected chi connectivity index (χ1v) is 5.10. The van der Waals surface area contributed by atoms with Crippen LogP contribution in [-0.2, 0) is 9.53 Å². The van der Waals surface area contributed by atoms with E-state index in [0.717, 1.165) is 12.8 Å². The van der Waals surface area contributed by atoms with Crippen LogP contribution in [0.15, 0.2) is 12.5 Å². The average molecular weight is 210 g/mol. The van der Waals surface area contributed by atoms with Crippen LogP contribution in [0.25, 0.3) is 0 Å². The lowest BCUT2D eigenvalue weighted by molar-refractivity contribution is -0.153. The number of nitrogens with zero attached hydrogens (tertiary/aromatic N) is 2. The summed E-state index contributed by atoms with van der Waals surface area (Å²) in [6.07, 6.45) is 4.11. The third-order valence-corrected chi connectivity index (χ3v) is 2.43. The molecule has 0 radical (unpaired) electrons. The number of rotatable bonds is 4. The van der Waals surface area contributed by atoms with Gasteiger partial charge in [-0.25, -0.2) is 9.78 Å². The van der Waals surface area contributed by atoms with Crippen molar-refractivity contribution in [2.24, 2.45) is 0 Å². The molecule has 1 N–H and O–H groups in total. The van der Waals surface area contributed by atoms with Crippen LogP contribution >= 0.6 is 0 Å². The summed E-state index contributed by atoms with van der Waals surface area (Å²) in [6, 6.07) is 0.395. The molecular formula is C10H14N2O3. The SMILES string of the molecule is CCOC(=O)C(O)c1cncn1C1CC1. The van der Waals surface area contributed by atoms with Gasteiger partial charge in [0.05, 0.1) is 24.8 Å². The van der Waals surface area contributed by atoms with Gasteiger partial charge >= 0.3 is 5.97 Å². The zero-order valence-corrected chi connectivity index (χ0v) is 8.59. The van der Waals surface area contributed by atoms with Gasteiger partial charge in [-0.3, -0.25) is 0 Å². The monoisotopic (exact) mass is 210 g/mol. The highest BCUT2D eigenvalue weighted by atomic mass is 16.5. The Labute approximate surface area is 87.7 Å². The van der Waals surface area contributed by atoms with E-state index in [-0.39, 0.29) is 6.61 Å². The summed E-state index contributed by atoms with van der Waals surface area (Å²) in [6.45, 7) is 1.98. The first-order chi connectivity index (χ1) is 7.24. The molecule has 15 heavy (non-hydrogen) atoms. The van der Waals surface area contributed by atoms with Crippen molar-refractivity contribution in [3.63, 3.8) is 0 Å². The van der Waals surface area contributed by atoms with E-state index in [1.165, 1.54) is 6.20 Å². The standard InChI is InChI=1S/C10H14N2O3/c1-2-15-10(14)9(13)8-5-11-6-12(8)7-3-4-7/h5-7,9,13H,2-4H2,1H3. The lowest BCUT2D eigenvalue weighted by Crippen LogP contribution is -2.18. The van der Waals surface area contributed by atoms with Crippen molar-refractivity contribution in [3.8, 4) is 0 Å². The number of ether oxygens (including phenoxy) is 1. The van der Waals surface area contributed by atoms with Gasteiger partial charge in [-0.2, -0.15) is 0 Å². The Kier molecular flexibility index (Phi) is 2.73. The van der Waals surface area contributed by atoms with Crippen LogP contribution < -0.4 is 0 Å². The minimum Gasteiger partial charge on any atom is -0.464 e. The summed E-state index contributed by atoms with van der Waals surface area (Å²) in [4.78, 5) is 15.3. The zero-order chi connectivity index (χ0) is 10.8. The summed E-state index contributed by atoms with van der Waals surface area (Å²) in [7, 11) is 0. The number of carbonyl (C=O) groups is 1. The van der Waals surface area contributed by atoms with Crippen molar-refractivity contribution in [3.05, 3.63) is 18.2 Å². The molecule has 1 aliphatic carbocycles. The molecule has 82 valence electrons. The number of hydrogen-bond donors (Lipinski definition) is 1. The molecule has 0 saturated heterocycles. The minimum atomic E-state index is -1.21. The van der Waals surface area contributed by atoms with E-state index < -0.39 is 12.1 Å². The van der Waals surface area contributed by atoms with Crippen molar-refractivity contribution >= 4 is 5.97 Å². The molecule has 0 spiro atoms. The molecule has 5 nitrogen and oxygen atoms in total. The first kappa shape index (κ1) is 10.2. The maximum Gasteiger partial charge on any atom is 0.341 e. The number of aliphatic hydroxyl groups excluding tert-OH is 1. The number of aromatic nitrogens is 2. The van der Waals surface area contributed by atoms with E-state index in [0.29, 0.717) is 11.7 Å². The van der Waals surface area contributed by atoms with Crippen molar-refractivity contribution in [2.45, 2.75) is 31.9 Å². The molecule has 1 heterocycles. The highest BCUT2D eigenvalue weighted by Crippen LogP contribution is 2.36. The second-order valence-corrected chi connectivity index (χ2v) is 3.61. The lowest BCUT2D eigenvalue weighted by atomic mass is 10.2. The topological polar surface area (TPSA) is 64.3 Å². The van der Waals surface area contributed by atoms with Gasteiger partial charge in [0.1, 0.15) is 0 Å². The summed E-state index contributed by atoms with van der Waals surface area (Å²) in [5.41, 5.74) is 0.524. The van der Waals surface area contributed by atoms with Crippen molar-refractivity contribution in [2.75, 3.05) is 6.61 Å². The van der Waals surface area contributed by atoms with Gasteiger partial charge in [-0.05, 0) is 19.8 Å². The van der Waals surface area contributed by atoms with E-state index in [1.807, 2.05) is 4.57 Å². The van der Waals surface area contributed by atoms with Crippen molar-refractivity contribution < 1.29 is 14.6 Å². The Balaban J connectivity index is 2.13. The van der Waals surface area contributed by atoms with Crippen LogP contribution in [0, 0.1) is 0 Å². The summed E-state index contributed by atoms with van der Waals surface area (Å²) >= 11 is 0. The van der Waals surface area contributed by atoms with E-state index in [1.54, 1.807) is 13.3 Å². The Hall–Kier alpha value is -1.36. The molecule has 1 fully saturated rings. The van der Waals surface area contributed by atoms with E-state index in [4.69, 9.17) is 4.74 Å². The number of esters is 1. The van der Waals surface area contributed by atoms with Gasteiger partial charge < -0.3 is 14.4 Å². The number of imidazole rings is 1. The predicted molar refractivity (Wildman–Crippen MR) is 52.1 cm³/mol. The van der Waals surface area contributed by atoms with Gasteiger partial charge in [0.25, 0.3) is 0 Å². The summed E-state index contributed by atoms with van der Waals surface area (Å²) in [5, 5.41) is 9.73. The van der Waals surface area contributed by atoms with Crippen LogP contribution in [0.3, 0.4) is 0 Å². The Morgan fingerprint density at radius 1 is 1.80 bits per heavy atom. The van der Waals surface area contributed by atoms with E-state index in [9.17, 15) is 9.90 Å². The molecule has 1 unspecified atom stereocenters. The molecule has 1 aromatic heterocycles. The molecule has 2 rings (SSSR count). The third-order valence-electron chi connectivity index (χ3n) is 2.43. The fourth-order valence-corrected chi connectivity index (χ4v) is 1.53. The van der Waals surface area contributed by atoms with E-state index in [2.05, 4.69) is 4.98 Å². The van der Waals surface area contributed by atoms with Crippen molar-refractivity contribution in [1.29, 1.82) is 0 Å². The fraction of sp³-hybridized carbons (Fsp3) is 0.600. The Morgan fingerprint density at radius 2 is 2.53 bits per heavy atom. The molecular weight excluding hydrogens is 196 g/mol. The van der Waals surface area contributed by atoms with Gasteiger partial charge in [0.15, 0.2) is 6.10 Å². The van der Waals surface area contributed by atoms with Crippen LogP contribution in [0.2, 0.25) is 0 Å². The minimum absolute atomic E-state index is 0.271. The Bertz CT molecular complexity index is 357. The van der Waals surface area contributed by atoms with Gasteiger partial charge in [-0.1, -0.05) is 0 Å². The quantitative estimate of drug-likeness (QED) is 0.747. The molecule has 5 heteroatoms. The highest BCUT2D eigenvalue weighted by Gasteiger charge is 2.30. The summed E-state index contributed by atoms with van der Waals surface area (Å²) < 4.78 is 6.60. The van der Waals surface area contributed by atoms with Crippen LogP contribution in [0.1, 0.15) is 37.6 Å². The lowest BCUT2D eigenvalue weighted by Gasteiger charge is -2.11. The highest BCUT2D eigenvalue weighted by molar-refractivity contribution is 5.75. The molecule has 1 aromatic rings. The first-order valence-electron chi connectivity index (χ1n) is 5.10. The van der Waals surface area contributed by atoms with Crippen LogP contribution in [0.5, 0.6) is 0 Å². The smallest absolute Gasteiger partial charge is 0.341 e. The largest absolute Gasteiger partial charge is 0.464 e. The molecule has 0 amide bonds. The number of hydrogen-bond acceptors (Lipinski definition) is 4. The van der Waals surface area contributed by atoms with Crippen LogP contribution in [0.4, 0.5) is 0 Å². The number of carbonyl (C=O) groups excluding carboxylic acids is 1. The van der Waals surface area contributed by atoms with Gasteiger partial charge in [0.2, 0.25) is 0 Å². The zero-order valence-electron chi connectivity index (χ0n) is 8.59. The second-order valence-electron chi connectivity index (χ2n) is 3.61. The van der Waals surface area contributed by atoms with Gasteiger partial charge in [-0.15, -0.1) is 0 Å². The molecule has 0 aromatic carbocycles. The van der Waals surface area contributed by atoms with Crippen LogP contribution in [-0.4, -0.2) is 27.2 Å². The average Bonchev–Trinajstić information content (AvgIpc) is 2.96. The Morgan fingerprint density at radius 3 is 3.13 bits per heavy atom. The normalized spacial score (nSPS) is 17.5. The molecule has 1 atom stereocenters. The maximum absolute atomic E-state index is 11.3. The molecule has 0 bridgehead atoms. The van der Waals surface area contributed by atoms with E-state index >= 15 is 0 Å². The maximum atomic E-state index is 11.3. The summed E-state index contributed by atoms with van der Waals surface area (Å²) in [5.74, 6) is -0.611.